The Labute approximate surface area is 119 Å². The van der Waals surface area contributed by atoms with Gasteiger partial charge in [-0.05, 0) is 6.92 Å². The largest absolute Gasteiger partial charge is 0.391 e. The lowest BCUT2D eigenvalue weighted by Gasteiger charge is -2.51. The van der Waals surface area contributed by atoms with Gasteiger partial charge in [0.15, 0.2) is 5.54 Å². The molecular formula is C14H26N3O3+. The molecule has 2 amide bonds. The summed E-state index contributed by atoms with van der Waals surface area (Å²) in [6.07, 6.45) is 0.983. The maximum absolute atomic E-state index is 12.6. The topological polar surface area (TPSA) is 88.1 Å². The highest BCUT2D eigenvalue weighted by atomic mass is 16.3. The number of hydrogen-bond acceptors (Lipinski definition) is 3. The summed E-state index contributed by atoms with van der Waals surface area (Å²) < 4.78 is 0. The molecule has 2 saturated heterocycles. The third kappa shape index (κ3) is 2.31. The fraction of sp³-hybridized carbons (Fsp3) is 0.857. The number of carbonyl (C=O) groups is 2. The summed E-state index contributed by atoms with van der Waals surface area (Å²) in [6, 6.07) is -0.894. The normalized spacial score (nSPS) is 32.5. The maximum Gasteiger partial charge on any atom is 0.286 e. The van der Waals surface area contributed by atoms with Gasteiger partial charge < -0.3 is 20.6 Å². The lowest BCUT2D eigenvalue weighted by molar-refractivity contribution is -0.936. The highest BCUT2D eigenvalue weighted by Crippen LogP contribution is 2.30. The van der Waals surface area contributed by atoms with Crippen LogP contribution in [-0.2, 0) is 9.59 Å². The van der Waals surface area contributed by atoms with Crippen molar-refractivity contribution in [2.75, 3.05) is 19.6 Å². The third-order valence-corrected chi connectivity index (χ3v) is 4.61. The first-order valence-electron chi connectivity index (χ1n) is 7.43. The van der Waals surface area contributed by atoms with Gasteiger partial charge in [0.05, 0.1) is 25.7 Å². The summed E-state index contributed by atoms with van der Waals surface area (Å²) in [4.78, 5) is 26.8. The minimum Gasteiger partial charge on any atom is -0.391 e. The number of amides is 2. The molecule has 2 aliphatic heterocycles. The lowest BCUT2D eigenvalue weighted by Crippen LogP contribution is -3.23. The number of primary amides is 1. The van der Waals surface area contributed by atoms with Crippen LogP contribution in [0.15, 0.2) is 0 Å². The highest BCUT2D eigenvalue weighted by molar-refractivity contribution is 5.96. The van der Waals surface area contributed by atoms with Crippen LogP contribution in [0.5, 0.6) is 0 Å². The van der Waals surface area contributed by atoms with Crippen molar-refractivity contribution >= 4 is 11.8 Å². The Kier molecular flexibility index (Phi) is 4.07. The lowest BCUT2D eigenvalue weighted by atomic mass is 9.83. The number of aliphatic hydroxyl groups is 1. The fourth-order valence-electron chi connectivity index (χ4n) is 3.75. The van der Waals surface area contributed by atoms with E-state index in [9.17, 15) is 14.7 Å². The van der Waals surface area contributed by atoms with E-state index in [-0.39, 0.29) is 11.4 Å². The Balaban J connectivity index is 2.12. The van der Waals surface area contributed by atoms with Crippen molar-refractivity contribution in [2.45, 2.75) is 51.3 Å². The van der Waals surface area contributed by atoms with E-state index in [0.717, 1.165) is 25.9 Å². The van der Waals surface area contributed by atoms with Crippen LogP contribution < -0.4 is 10.6 Å². The van der Waals surface area contributed by atoms with Crippen LogP contribution in [0.4, 0.5) is 0 Å². The molecule has 6 nitrogen and oxygen atoms in total. The third-order valence-electron chi connectivity index (χ3n) is 4.61. The van der Waals surface area contributed by atoms with E-state index >= 15 is 0 Å². The molecule has 4 N–H and O–H groups in total. The molecule has 0 aromatic carbocycles. The predicted molar refractivity (Wildman–Crippen MR) is 73.9 cm³/mol. The average Bonchev–Trinajstić information content (AvgIpc) is 2.72. The number of quaternary nitrogens is 1. The van der Waals surface area contributed by atoms with E-state index in [4.69, 9.17) is 5.73 Å². The molecule has 114 valence electrons. The molecule has 0 aromatic heterocycles. The molecule has 0 bridgehead atoms. The Morgan fingerprint density at radius 3 is 2.60 bits per heavy atom. The quantitative estimate of drug-likeness (QED) is 0.517. The van der Waals surface area contributed by atoms with Gasteiger partial charge in [0.2, 0.25) is 5.91 Å². The first-order valence-corrected chi connectivity index (χ1v) is 7.43. The van der Waals surface area contributed by atoms with E-state index in [1.54, 1.807) is 0 Å². The van der Waals surface area contributed by atoms with Crippen molar-refractivity contribution in [3.63, 3.8) is 0 Å². The molecule has 2 aliphatic rings. The number of nitrogens with zero attached hydrogens (tertiary/aromatic N) is 1. The van der Waals surface area contributed by atoms with Crippen molar-refractivity contribution in [3.05, 3.63) is 0 Å². The average molecular weight is 284 g/mol. The molecule has 0 radical (unpaired) electrons. The molecule has 1 unspecified atom stereocenters. The number of hydrogen-bond donors (Lipinski definition) is 3. The zero-order chi connectivity index (χ0) is 15.1. The molecule has 20 heavy (non-hydrogen) atoms. The van der Waals surface area contributed by atoms with E-state index in [1.165, 1.54) is 16.7 Å². The molecular weight excluding hydrogens is 258 g/mol. The Hall–Kier alpha value is -1.14. The molecule has 1 spiro atoms. The summed E-state index contributed by atoms with van der Waals surface area (Å²) in [5, 5.41) is 9.68. The Morgan fingerprint density at radius 2 is 2.15 bits per heavy atom. The molecule has 0 saturated carbocycles. The highest BCUT2D eigenvalue weighted by Gasteiger charge is 2.64. The predicted octanol–water partition coefficient (Wildman–Crippen LogP) is -1.86. The van der Waals surface area contributed by atoms with Gasteiger partial charge in [0.1, 0.15) is 6.04 Å². The minimum atomic E-state index is -0.927. The van der Waals surface area contributed by atoms with E-state index in [2.05, 4.69) is 13.8 Å². The van der Waals surface area contributed by atoms with Gasteiger partial charge >= 0.3 is 0 Å². The van der Waals surface area contributed by atoms with Gasteiger partial charge in [-0.3, -0.25) is 9.59 Å². The number of aliphatic hydroxyl groups excluding tert-OH is 1. The van der Waals surface area contributed by atoms with Crippen molar-refractivity contribution in [2.24, 2.45) is 11.7 Å². The van der Waals surface area contributed by atoms with Gasteiger partial charge in [-0.15, -0.1) is 0 Å². The van der Waals surface area contributed by atoms with Crippen LogP contribution in [0.25, 0.3) is 0 Å². The summed E-state index contributed by atoms with van der Waals surface area (Å²) in [5.41, 5.74) is 4.94. The molecule has 0 aromatic rings. The van der Waals surface area contributed by atoms with Crippen molar-refractivity contribution in [1.29, 1.82) is 0 Å². The first kappa shape index (κ1) is 15.3. The molecule has 0 aliphatic carbocycles. The van der Waals surface area contributed by atoms with Crippen molar-refractivity contribution < 1.29 is 19.6 Å². The summed E-state index contributed by atoms with van der Waals surface area (Å²) in [5.74, 6) is -0.118. The zero-order valence-corrected chi connectivity index (χ0v) is 12.6. The van der Waals surface area contributed by atoms with Gasteiger partial charge in [0.25, 0.3) is 5.91 Å². The van der Waals surface area contributed by atoms with Crippen LogP contribution in [0.2, 0.25) is 0 Å². The monoisotopic (exact) mass is 284 g/mol. The second kappa shape index (κ2) is 5.33. The fourth-order valence-corrected chi connectivity index (χ4v) is 3.75. The summed E-state index contributed by atoms with van der Waals surface area (Å²) in [7, 11) is 0. The summed E-state index contributed by atoms with van der Waals surface area (Å²) in [6.45, 7) is 8.32. The van der Waals surface area contributed by atoms with Crippen LogP contribution in [0.3, 0.4) is 0 Å². The smallest absolute Gasteiger partial charge is 0.286 e. The maximum atomic E-state index is 12.6. The standard InChI is InChI=1S/C14H25N3O3/c1-9(2)7-16-6-4-5-14(16)8-17(13(14)20)11(10(3)18)12(15)19/h9-11,18H,4-8H2,1-3H3,(H2,15,19)/p+1/t10-,11+,14+/m1/s1. The van der Waals surface area contributed by atoms with Crippen molar-refractivity contribution in [3.8, 4) is 0 Å². The Morgan fingerprint density at radius 1 is 1.50 bits per heavy atom. The van der Waals surface area contributed by atoms with E-state index in [1.807, 2.05) is 0 Å². The second-order valence-corrected chi connectivity index (χ2v) is 6.66. The number of β-lactam (4-membered cyclic amide) rings is 1. The number of likely N-dealkylation sites (tertiary alicyclic amines) is 2. The van der Waals surface area contributed by atoms with Crippen LogP contribution in [-0.4, -0.2) is 59.1 Å². The zero-order valence-electron chi connectivity index (χ0n) is 12.6. The molecule has 6 heteroatoms. The Bertz CT molecular complexity index is 410. The van der Waals surface area contributed by atoms with Crippen molar-refractivity contribution in [1.82, 2.24) is 4.90 Å². The van der Waals surface area contributed by atoms with Gasteiger partial charge in [0, 0.05) is 18.8 Å². The van der Waals surface area contributed by atoms with Gasteiger partial charge in [-0.25, -0.2) is 0 Å². The van der Waals surface area contributed by atoms with Gasteiger partial charge in [-0.1, -0.05) is 13.8 Å². The number of nitrogens with two attached hydrogens (primary N) is 1. The molecule has 4 atom stereocenters. The second-order valence-electron chi connectivity index (χ2n) is 6.66. The number of carbonyl (C=O) groups excluding carboxylic acids is 2. The number of nitrogens with one attached hydrogen (secondary N) is 1. The molecule has 2 heterocycles. The number of rotatable bonds is 5. The van der Waals surface area contributed by atoms with E-state index in [0.29, 0.717) is 12.5 Å². The van der Waals surface area contributed by atoms with E-state index < -0.39 is 18.1 Å². The van der Waals surface area contributed by atoms with Crippen LogP contribution >= 0.6 is 0 Å². The summed E-state index contributed by atoms with van der Waals surface area (Å²) >= 11 is 0. The van der Waals surface area contributed by atoms with Gasteiger partial charge in [-0.2, -0.15) is 0 Å². The minimum absolute atomic E-state index is 0.0182. The van der Waals surface area contributed by atoms with Crippen LogP contribution in [0.1, 0.15) is 33.6 Å². The molecule has 2 fully saturated rings. The molecule has 2 rings (SSSR count). The first-order chi connectivity index (χ1) is 9.29. The SMILES string of the molecule is CC(C)C[NH+]1CCC[C@@]12CN([C@H](C(N)=O)[C@@H](C)O)C2=O. The van der Waals surface area contributed by atoms with Crippen LogP contribution in [0, 0.1) is 5.92 Å².